The highest BCUT2D eigenvalue weighted by molar-refractivity contribution is 5.79. The predicted octanol–water partition coefficient (Wildman–Crippen LogP) is 0.214. The van der Waals surface area contributed by atoms with E-state index in [4.69, 9.17) is 5.84 Å². The van der Waals surface area contributed by atoms with E-state index in [1.807, 2.05) is 0 Å². The molecule has 1 rings (SSSR count). The maximum absolute atomic E-state index is 5.24. The summed E-state index contributed by atoms with van der Waals surface area (Å²) in [5.74, 6) is 6.76. The van der Waals surface area contributed by atoms with E-state index in [1.165, 1.54) is 19.3 Å². The first-order chi connectivity index (χ1) is 5.81. The lowest BCUT2D eigenvalue weighted by molar-refractivity contribution is 0.657. The average molecular weight is 170 g/mol. The first-order valence-corrected chi connectivity index (χ1v) is 4.51. The minimum Gasteiger partial charge on any atom is -0.352 e. The largest absolute Gasteiger partial charge is 0.352 e. The second-order valence-corrected chi connectivity index (χ2v) is 3.25. The molecule has 0 aliphatic heterocycles. The van der Waals surface area contributed by atoms with Gasteiger partial charge in [-0.05, 0) is 18.8 Å². The van der Waals surface area contributed by atoms with Crippen molar-refractivity contribution >= 4 is 5.96 Å². The zero-order valence-electron chi connectivity index (χ0n) is 7.80. The Labute approximate surface area is 73.6 Å². The number of hydrazine groups is 1. The minimum absolute atomic E-state index is 0.597. The topological polar surface area (TPSA) is 62.4 Å². The van der Waals surface area contributed by atoms with E-state index < -0.39 is 0 Å². The Balaban J connectivity index is 2.18. The van der Waals surface area contributed by atoms with Gasteiger partial charge >= 0.3 is 0 Å². The van der Waals surface area contributed by atoms with Crippen LogP contribution in [0.2, 0.25) is 0 Å². The van der Waals surface area contributed by atoms with Gasteiger partial charge in [-0.15, -0.1) is 0 Å². The molecule has 2 atom stereocenters. The Hall–Kier alpha value is -0.770. The zero-order chi connectivity index (χ0) is 8.97. The number of rotatable bonds is 3. The van der Waals surface area contributed by atoms with E-state index in [0.29, 0.717) is 12.0 Å². The van der Waals surface area contributed by atoms with Gasteiger partial charge in [-0.2, -0.15) is 0 Å². The molecule has 0 saturated heterocycles. The molecular formula is C8H18N4. The van der Waals surface area contributed by atoms with Crippen molar-refractivity contribution in [2.45, 2.75) is 32.2 Å². The van der Waals surface area contributed by atoms with Gasteiger partial charge in [0.05, 0.1) is 0 Å². The molecule has 0 aromatic rings. The number of nitrogens with one attached hydrogen (secondary N) is 2. The Morgan fingerprint density at radius 2 is 2.42 bits per heavy atom. The van der Waals surface area contributed by atoms with Crippen molar-refractivity contribution in [2.24, 2.45) is 16.8 Å². The zero-order valence-corrected chi connectivity index (χ0v) is 7.80. The third-order valence-electron chi connectivity index (χ3n) is 2.26. The van der Waals surface area contributed by atoms with Gasteiger partial charge in [-0.3, -0.25) is 10.4 Å². The molecule has 2 unspecified atom stereocenters. The van der Waals surface area contributed by atoms with E-state index in [0.717, 1.165) is 5.92 Å². The quantitative estimate of drug-likeness (QED) is 0.246. The van der Waals surface area contributed by atoms with E-state index in [2.05, 4.69) is 22.7 Å². The van der Waals surface area contributed by atoms with Crippen molar-refractivity contribution in [1.82, 2.24) is 10.7 Å². The van der Waals surface area contributed by atoms with Crippen molar-refractivity contribution in [1.29, 1.82) is 0 Å². The molecule has 0 aromatic carbocycles. The van der Waals surface area contributed by atoms with Crippen LogP contribution in [0, 0.1) is 5.92 Å². The Bertz CT molecular complexity index is 166. The predicted molar refractivity (Wildman–Crippen MR) is 50.6 cm³/mol. The Kier molecular flexibility index (Phi) is 3.34. The van der Waals surface area contributed by atoms with Gasteiger partial charge in [-0.1, -0.05) is 13.3 Å². The second-order valence-electron chi connectivity index (χ2n) is 3.25. The molecule has 0 radical (unpaired) electrons. The fourth-order valence-corrected chi connectivity index (χ4v) is 1.46. The number of guanidine groups is 1. The molecule has 4 heteroatoms. The van der Waals surface area contributed by atoms with Crippen molar-refractivity contribution in [3.63, 3.8) is 0 Å². The molecule has 4 N–H and O–H groups in total. The van der Waals surface area contributed by atoms with Crippen LogP contribution in [0.3, 0.4) is 0 Å². The van der Waals surface area contributed by atoms with Crippen LogP contribution >= 0.6 is 0 Å². The lowest BCUT2D eigenvalue weighted by Crippen LogP contribution is -2.42. The SMILES string of the molecule is CCCC1CC1NC(=NC)NN. The molecule has 70 valence electrons. The summed E-state index contributed by atoms with van der Waals surface area (Å²) < 4.78 is 0. The highest BCUT2D eigenvalue weighted by Crippen LogP contribution is 2.34. The Morgan fingerprint density at radius 1 is 1.67 bits per heavy atom. The summed E-state index contributed by atoms with van der Waals surface area (Å²) in [6.07, 6.45) is 3.82. The number of nitrogens with two attached hydrogens (primary N) is 1. The second kappa shape index (κ2) is 4.30. The summed E-state index contributed by atoms with van der Waals surface area (Å²) in [7, 11) is 1.72. The molecule has 0 heterocycles. The molecule has 1 aliphatic carbocycles. The summed E-state index contributed by atoms with van der Waals surface area (Å²) in [5.41, 5.74) is 2.52. The maximum atomic E-state index is 5.24. The monoisotopic (exact) mass is 170 g/mol. The van der Waals surface area contributed by atoms with Crippen molar-refractivity contribution in [3.8, 4) is 0 Å². The summed E-state index contributed by atoms with van der Waals surface area (Å²) >= 11 is 0. The van der Waals surface area contributed by atoms with Crippen molar-refractivity contribution in [2.75, 3.05) is 7.05 Å². The van der Waals surface area contributed by atoms with E-state index in [-0.39, 0.29) is 0 Å². The molecule has 1 aliphatic rings. The van der Waals surface area contributed by atoms with Gasteiger partial charge < -0.3 is 5.32 Å². The van der Waals surface area contributed by atoms with E-state index in [9.17, 15) is 0 Å². The smallest absolute Gasteiger partial charge is 0.205 e. The number of nitrogens with zero attached hydrogens (tertiary/aromatic N) is 1. The van der Waals surface area contributed by atoms with Gasteiger partial charge in [0.25, 0.3) is 0 Å². The molecule has 4 nitrogen and oxygen atoms in total. The molecule has 0 bridgehead atoms. The van der Waals surface area contributed by atoms with Crippen LogP contribution in [-0.2, 0) is 0 Å². The molecule has 1 saturated carbocycles. The van der Waals surface area contributed by atoms with Crippen LogP contribution in [0.5, 0.6) is 0 Å². The van der Waals surface area contributed by atoms with Gasteiger partial charge in [0, 0.05) is 13.1 Å². The van der Waals surface area contributed by atoms with Crippen molar-refractivity contribution < 1.29 is 0 Å². The van der Waals surface area contributed by atoms with Crippen LogP contribution in [0.25, 0.3) is 0 Å². The summed E-state index contributed by atoms with van der Waals surface area (Å²) in [6.45, 7) is 2.21. The summed E-state index contributed by atoms with van der Waals surface area (Å²) in [4.78, 5) is 3.95. The molecular weight excluding hydrogens is 152 g/mol. The average Bonchev–Trinajstić information content (AvgIpc) is 2.80. The highest BCUT2D eigenvalue weighted by Gasteiger charge is 2.36. The number of hydrogen-bond donors (Lipinski definition) is 3. The minimum atomic E-state index is 0.597. The van der Waals surface area contributed by atoms with Crippen LogP contribution in [0.15, 0.2) is 4.99 Å². The molecule has 0 amide bonds. The molecule has 0 spiro atoms. The maximum Gasteiger partial charge on any atom is 0.205 e. The summed E-state index contributed by atoms with van der Waals surface area (Å²) in [5, 5.41) is 3.24. The fourth-order valence-electron chi connectivity index (χ4n) is 1.46. The first-order valence-electron chi connectivity index (χ1n) is 4.51. The lowest BCUT2D eigenvalue weighted by atomic mass is 10.2. The number of hydrogen-bond acceptors (Lipinski definition) is 2. The normalized spacial score (nSPS) is 28.4. The van der Waals surface area contributed by atoms with Gasteiger partial charge in [0.15, 0.2) is 0 Å². The molecule has 12 heavy (non-hydrogen) atoms. The van der Waals surface area contributed by atoms with Gasteiger partial charge in [0.1, 0.15) is 0 Å². The van der Waals surface area contributed by atoms with Gasteiger partial charge in [-0.25, -0.2) is 5.84 Å². The Morgan fingerprint density at radius 3 is 2.92 bits per heavy atom. The highest BCUT2D eigenvalue weighted by atomic mass is 15.3. The van der Waals surface area contributed by atoms with Crippen LogP contribution in [0.4, 0.5) is 0 Å². The molecule has 0 aromatic heterocycles. The van der Waals surface area contributed by atoms with E-state index in [1.54, 1.807) is 7.05 Å². The standard InChI is InChI=1S/C8H18N4/c1-3-4-6-5-7(6)11-8(10-2)12-9/h6-7H,3-5,9H2,1-2H3,(H2,10,11,12). The third kappa shape index (κ3) is 2.37. The number of aliphatic imine (C=N–C) groups is 1. The third-order valence-corrected chi connectivity index (χ3v) is 2.26. The first kappa shape index (κ1) is 9.32. The van der Waals surface area contributed by atoms with Crippen LogP contribution in [-0.4, -0.2) is 19.0 Å². The molecule has 1 fully saturated rings. The van der Waals surface area contributed by atoms with Crippen molar-refractivity contribution in [3.05, 3.63) is 0 Å². The van der Waals surface area contributed by atoms with Crippen LogP contribution in [0.1, 0.15) is 26.2 Å². The van der Waals surface area contributed by atoms with E-state index >= 15 is 0 Å². The van der Waals surface area contributed by atoms with Crippen LogP contribution < -0.4 is 16.6 Å². The summed E-state index contributed by atoms with van der Waals surface area (Å²) in [6, 6.07) is 0.597. The lowest BCUT2D eigenvalue weighted by Gasteiger charge is -2.06. The van der Waals surface area contributed by atoms with Gasteiger partial charge in [0.2, 0.25) is 5.96 Å². The fraction of sp³-hybridized carbons (Fsp3) is 0.875.